The number of carbonyl (C=O) groups excluding carboxylic acids is 3. The van der Waals surface area contributed by atoms with Gasteiger partial charge in [0.25, 0.3) is 5.91 Å². The van der Waals surface area contributed by atoms with E-state index in [1.54, 1.807) is 30.0 Å². The number of benzene rings is 1. The van der Waals surface area contributed by atoms with Crippen LogP contribution in [-0.2, 0) is 9.59 Å². The van der Waals surface area contributed by atoms with Gasteiger partial charge in [-0.2, -0.15) is 0 Å². The van der Waals surface area contributed by atoms with Gasteiger partial charge in [0, 0.05) is 18.7 Å². The van der Waals surface area contributed by atoms with Crippen LogP contribution in [0.2, 0.25) is 0 Å². The lowest BCUT2D eigenvalue weighted by Crippen LogP contribution is -2.41. The van der Waals surface area contributed by atoms with E-state index in [-0.39, 0.29) is 11.8 Å². The minimum Gasteiger partial charge on any atom is -0.495 e. The van der Waals surface area contributed by atoms with E-state index < -0.39 is 11.9 Å². The highest BCUT2D eigenvalue weighted by molar-refractivity contribution is 6.02. The number of anilines is 2. The van der Waals surface area contributed by atoms with Gasteiger partial charge in [-0.15, -0.1) is 0 Å². The average Bonchev–Trinajstić information content (AvgIpc) is 3.33. The first-order valence-electron chi connectivity index (χ1n) is 8.62. The Bertz CT molecular complexity index is 847. The van der Waals surface area contributed by atoms with Crippen molar-refractivity contribution in [1.29, 1.82) is 0 Å². The number of furan rings is 1. The average molecular weight is 371 g/mol. The van der Waals surface area contributed by atoms with Crippen molar-refractivity contribution in [3.63, 3.8) is 0 Å². The molecule has 0 unspecified atom stereocenters. The first kappa shape index (κ1) is 18.5. The summed E-state index contributed by atoms with van der Waals surface area (Å²) < 4.78 is 10.2. The molecular weight excluding hydrogens is 350 g/mol. The third-order valence-electron chi connectivity index (χ3n) is 4.33. The molecule has 1 aromatic heterocycles. The molecule has 0 saturated carbocycles. The summed E-state index contributed by atoms with van der Waals surface area (Å²) in [7, 11) is 1.53. The van der Waals surface area contributed by atoms with Crippen LogP contribution in [0.25, 0.3) is 0 Å². The van der Waals surface area contributed by atoms with Crippen molar-refractivity contribution in [1.82, 2.24) is 5.32 Å². The number of nitrogens with one attached hydrogen (secondary N) is 2. The number of methoxy groups -OCH3 is 1. The molecule has 8 nitrogen and oxygen atoms in total. The third kappa shape index (κ3) is 4.11. The van der Waals surface area contributed by atoms with Crippen LogP contribution in [-0.4, -0.2) is 37.4 Å². The third-order valence-corrected chi connectivity index (χ3v) is 4.33. The zero-order valence-corrected chi connectivity index (χ0v) is 15.2. The molecule has 0 spiro atoms. The number of hydrogen-bond donors (Lipinski definition) is 2. The highest BCUT2D eigenvalue weighted by atomic mass is 16.5. The number of amides is 3. The Labute approximate surface area is 156 Å². The normalized spacial score (nSPS) is 14.7. The van der Waals surface area contributed by atoms with E-state index in [1.807, 2.05) is 0 Å². The number of nitrogens with zero attached hydrogens (tertiary/aromatic N) is 1. The molecule has 1 fully saturated rings. The highest BCUT2D eigenvalue weighted by Crippen LogP contribution is 2.34. The van der Waals surface area contributed by atoms with Gasteiger partial charge in [0.2, 0.25) is 11.8 Å². The summed E-state index contributed by atoms with van der Waals surface area (Å²) in [5.74, 6) is -0.192. The Morgan fingerprint density at radius 3 is 2.74 bits per heavy atom. The Balaban J connectivity index is 1.70. The van der Waals surface area contributed by atoms with Crippen LogP contribution < -0.4 is 20.3 Å². The van der Waals surface area contributed by atoms with Crippen LogP contribution in [0.4, 0.5) is 11.4 Å². The van der Waals surface area contributed by atoms with Gasteiger partial charge < -0.3 is 24.7 Å². The second-order valence-electron chi connectivity index (χ2n) is 6.23. The minimum atomic E-state index is -0.758. The fourth-order valence-corrected chi connectivity index (χ4v) is 2.87. The smallest absolute Gasteiger partial charge is 0.255 e. The van der Waals surface area contributed by atoms with E-state index in [0.29, 0.717) is 35.7 Å². The zero-order valence-electron chi connectivity index (χ0n) is 15.2. The molecule has 3 rings (SSSR count). The topological polar surface area (TPSA) is 101 Å². The van der Waals surface area contributed by atoms with Crippen LogP contribution in [0.3, 0.4) is 0 Å². The summed E-state index contributed by atoms with van der Waals surface area (Å²) in [6.07, 6.45) is 3.98. The number of hydrogen-bond acceptors (Lipinski definition) is 5. The van der Waals surface area contributed by atoms with Crippen LogP contribution in [0.15, 0.2) is 41.2 Å². The molecule has 1 aromatic carbocycles. The van der Waals surface area contributed by atoms with Crippen molar-refractivity contribution >= 4 is 29.1 Å². The van der Waals surface area contributed by atoms with Crippen molar-refractivity contribution in [3.8, 4) is 5.75 Å². The van der Waals surface area contributed by atoms with Gasteiger partial charge >= 0.3 is 0 Å². The molecule has 0 bridgehead atoms. The van der Waals surface area contributed by atoms with Crippen molar-refractivity contribution < 1.29 is 23.5 Å². The van der Waals surface area contributed by atoms with Gasteiger partial charge in [-0.1, -0.05) is 0 Å². The van der Waals surface area contributed by atoms with Gasteiger partial charge in [0.1, 0.15) is 18.1 Å². The van der Waals surface area contributed by atoms with E-state index in [9.17, 15) is 14.4 Å². The Morgan fingerprint density at radius 2 is 2.11 bits per heavy atom. The fraction of sp³-hybridized carbons (Fsp3) is 0.316. The van der Waals surface area contributed by atoms with Crippen LogP contribution in [0.5, 0.6) is 5.75 Å². The fourth-order valence-electron chi connectivity index (χ4n) is 2.87. The Hall–Kier alpha value is -3.29. The van der Waals surface area contributed by atoms with E-state index in [1.165, 1.54) is 25.7 Å². The lowest BCUT2D eigenvalue weighted by Gasteiger charge is -2.20. The number of carbonyl (C=O) groups is 3. The minimum absolute atomic E-state index is 0.0255. The lowest BCUT2D eigenvalue weighted by atomic mass is 10.2. The maximum absolute atomic E-state index is 12.4. The summed E-state index contributed by atoms with van der Waals surface area (Å²) in [5.41, 5.74) is 1.47. The predicted molar refractivity (Wildman–Crippen MR) is 98.8 cm³/mol. The summed E-state index contributed by atoms with van der Waals surface area (Å²) in [6, 6.07) is 5.84. The van der Waals surface area contributed by atoms with E-state index in [2.05, 4.69) is 10.6 Å². The van der Waals surface area contributed by atoms with Crippen LogP contribution in [0, 0.1) is 0 Å². The molecule has 142 valence electrons. The largest absolute Gasteiger partial charge is 0.495 e. The second-order valence-corrected chi connectivity index (χ2v) is 6.23. The molecule has 1 aliphatic rings. The first-order chi connectivity index (χ1) is 13.0. The van der Waals surface area contributed by atoms with Crippen LogP contribution in [0.1, 0.15) is 30.1 Å². The number of ether oxygens (including phenoxy) is 1. The maximum atomic E-state index is 12.4. The molecule has 2 heterocycles. The van der Waals surface area contributed by atoms with E-state index in [4.69, 9.17) is 9.15 Å². The SMILES string of the molecule is COc1ccc(NC(=O)[C@@H](C)NC(=O)c2ccoc2)cc1N1CCCC1=O. The summed E-state index contributed by atoms with van der Waals surface area (Å²) in [6.45, 7) is 2.20. The van der Waals surface area contributed by atoms with E-state index >= 15 is 0 Å². The molecule has 1 aliphatic heterocycles. The molecule has 8 heteroatoms. The molecule has 1 saturated heterocycles. The van der Waals surface area contributed by atoms with Crippen molar-refractivity contribution in [2.24, 2.45) is 0 Å². The molecule has 1 atom stereocenters. The first-order valence-corrected chi connectivity index (χ1v) is 8.62. The molecule has 0 aliphatic carbocycles. The summed E-state index contributed by atoms with van der Waals surface area (Å²) in [5, 5.41) is 5.35. The molecule has 3 amide bonds. The highest BCUT2D eigenvalue weighted by Gasteiger charge is 2.25. The van der Waals surface area contributed by atoms with Gasteiger partial charge in [-0.3, -0.25) is 14.4 Å². The zero-order chi connectivity index (χ0) is 19.4. The van der Waals surface area contributed by atoms with Crippen molar-refractivity contribution in [2.45, 2.75) is 25.8 Å². The molecule has 2 aromatic rings. The van der Waals surface area contributed by atoms with Gasteiger partial charge in [0.05, 0.1) is 24.6 Å². The Morgan fingerprint density at radius 1 is 1.30 bits per heavy atom. The molecule has 27 heavy (non-hydrogen) atoms. The molecule has 0 radical (unpaired) electrons. The maximum Gasteiger partial charge on any atom is 0.255 e. The van der Waals surface area contributed by atoms with Crippen LogP contribution >= 0.6 is 0 Å². The van der Waals surface area contributed by atoms with Gasteiger partial charge in [0.15, 0.2) is 0 Å². The molecular formula is C19H21N3O5. The van der Waals surface area contributed by atoms with Gasteiger partial charge in [-0.05, 0) is 37.6 Å². The van der Waals surface area contributed by atoms with Gasteiger partial charge in [-0.25, -0.2) is 0 Å². The lowest BCUT2D eigenvalue weighted by molar-refractivity contribution is -0.118. The monoisotopic (exact) mass is 371 g/mol. The number of rotatable bonds is 6. The standard InChI is InChI=1S/C19H21N3O5/c1-12(20-19(25)13-7-9-27-11-13)18(24)21-14-5-6-16(26-2)15(10-14)22-8-3-4-17(22)23/h5-7,9-12H,3-4,8H2,1-2H3,(H,20,25)(H,21,24)/t12-/m1/s1. The predicted octanol–water partition coefficient (Wildman–Crippen LogP) is 2.17. The Kier molecular flexibility index (Phi) is 5.44. The second kappa shape index (κ2) is 7.94. The molecule has 2 N–H and O–H groups in total. The van der Waals surface area contributed by atoms with E-state index in [0.717, 1.165) is 6.42 Å². The summed E-state index contributed by atoms with van der Waals surface area (Å²) >= 11 is 0. The van der Waals surface area contributed by atoms with Crippen molar-refractivity contribution in [2.75, 3.05) is 23.9 Å². The quantitative estimate of drug-likeness (QED) is 0.810. The summed E-state index contributed by atoms with van der Waals surface area (Å²) in [4.78, 5) is 38.1. The van der Waals surface area contributed by atoms with Crippen molar-refractivity contribution in [3.05, 3.63) is 42.4 Å².